The standard InChI is InChI=1S/C16H22N2O3/c1-11-2-6-14(7-3-11)18-15(19)10-17-13-8-4-12(5-9-13)16(20)21/h2-3,6-7,12-13,17H,4-5,8-10H2,1H3,(H,18,19)(H,20,21). The van der Waals surface area contributed by atoms with E-state index in [9.17, 15) is 9.59 Å². The Morgan fingerprint density at radius 3 is 2.33 bits per heavy atom. The van der Waals surface area contributed by atoms with Gasteiger partial charge < -0.3 is 15.7 Å². The molecule has 0 atom stereocenters. The maximum absolute atomic E-state index is 11.8. The Morgan fingerprint density at radius 2 is 1.76 bits per heavy atom. The summed E-state index contributed by atoms with van der Waals surface area (Å²) in [5, 5.41) is 15.0. The molecule has 21 heavy (non-hydrogen) atoms. The van der Waals surface area contributed by atoms with Crippen molar-refractivity contribution in [3.8, 4) is 0 Å². The summed E-state index contributed by atoms with van der Waals surface area (Å²) in [5.41, 5.74) is 1.95. The predicted molar refractivity (Wildman–Crippen MR) is 81.2 cm³/mol. The van der Waals surface area contributed by atoms with Gasteiger partial charge in [0.15, 0.2) is 0 Å². The smallest absolute Gasteiger partial charge is 0.306 e. The van der Waals surface area contributed by atoms with Crippen LogP contribution in [0.3, 0.4) is 0 Å². The Bertz CT molecular complexity index is 491. The quantitative estimate of drug-likeness (QED) is 0.776. The molecule has 1 aromatic carbocycles. The van der Waals surface area contributed by atoms with Gasteiger partial charge in [-0.3, -0.25) is 9.59 Å². The van der Waals surface area contributed by atoms with Gasteiger partial charge in [0.2, 0.25) is 5.91 Å². The number of nitrogens with one attached hydrogen (secondary N) is 2. The first-order valence-corrected chi connectivity index (χ1v) is 7.37. The SMILES string of the molecule is Cc1ccc(NC(=O)CNC2CCC(C(=O)O)CC2)cc1. The van der Waals surface area contributed by atoms with Gasteiger partial charge in [0.05, 0.1) is 12.5 Å². The van der Waals surface area contributed by atoms with E-state index in [1.54, 1.807) is 0 Å². The first-order chi connectivity index (χ1) is 10.0. The predicted octanol–water partition coefficient (Wildman–Crippen LogP) is 2.17. The van der Waals surface area contributed by atoms with Crippen LogP contribution in [0, 0.1) is 12.8 Å². The summed E-state index contributed by atoms with van der Waals surface area (Å²) in [4.78, 5) is 22.7. The summed E-state index contributed by atoms with van der Waals surface area (Å²) in [7, 11) is 0. The van der Waals surface area contributed by atoms with Crippen molar-refractivity contribution >= 4 is 17.6 Å². The van der Waals surface area contributed by atoms with Crippen LogP contribution in [0.15, 0.2) is 24.3 Å². The number of carbonyl (C=O) groups excluding carboxylic acids is 1. The highest BCUT2D eigenvalue weighted by atomic mass is 16.4. The molecule has 1 aliphatic rings. The van der Waals surface area contributed by atoms with E-state index in [1.165, 1.54) is 0 Å². The second-order valence-corrected chi connectivity index (χ2v) is 5.68. The minimum absolute atomic E-state index is 0.0702. The molecule has 0 saturated heterocycles. The second-order valence-electron chi connectivity index (χ2n) is 5.68. The van der Waals surface area contributed by atoms with E-state index in [0.717, 1.165) is 24.1 Å². The van der Waals surface area contributed by atoms with Crippen molar-refractivity contribution in [3.05, 3.63) is 29.8 Å². The first kappa shape index (κ1) is 15.5. The summed E-state index contributed by atoms with van der Waals surface area (Å²) in [6.07, 6.45) is 3.00. The third-order valence-electron chi connectivity index (χ3n) is 3.96. The van der Waals surface area contributed by atoms with Gasteiger partial charge >= 0.3 is 5.97 Å². The minimum atomic E-state index is -0.703. The number of benzene rings is 1. The zero-order valence-electron chi connectivity index (χ0n) is 12.3. The number of carboxylic acids is 1. The summed E-state index contributed by atoms with van der Waals surface area (Å²) in [5.74, 6) is -0.991. The summed E-state index contributed by atoms with van der Waals surface area (Å²) >= 11 is 0. The van der Waals surface area contributed by atoms with E-state index < -0.39 is 5.97 Å². The number of aryl methyl sites for hydroxylation is 1. The van der Waals surface area contributed by atoms with E-state index in [2.05, 4.69) is 10.6 Å². The van der Waals surface area contributed by atoms with Gasteiger partial charge in [0.1, 0.15) is 0 Å². The Morgan fingerprint density at radius 1 is 1.14 bits per heavy atom. The van der Waals surface area contributed by atoms with Gasteiger partial charge in [-0.25, -0.2) is 0 Å². The third kappa shape index (κ3) is 4.86. The average Bonchev–Trinajstić information content (AvgIpc) is 2.48. The van der Waals surface area contributed by atoms with E-state index >= 15 is 0 Å². The lowest BCUT2D eigenvalue weighted by Crippen LogP contribution is -2.39. The lowest BCUT2D eigenvalue weighted by Gasteiger charge is -2.26. The average molecular weight is 290 g/mol. The molecule has 2 rings (SSSR count). The largest absolute Gasteiger partial charge is 0.481 e. The molecule has 1 saturated carbocycles. The van der Waals surface area contributed by atoms with Crippen molar-refractivity contribution < 1.29 is 14.7 Å². The van der Waals surface area contributed by atoms with Crippen LogP contribution in [0.2, 0.25) is 0 Å². The number of hydrogen-bond acceptors (Lipinski definition) is 3. The fraction of sp³-hybridized carbons (Fsp3) is 0.500. The maximum atomic E-state index is 11.8. The van der Waals surface area contributed by atoms with Crippen LogP contribution in [0.4, 0.5) is 5.69 Å². The van der Waals surface area contributed by atoms with Crippen LogP contribution in [-0.2, 0) is 9.59 Å². The number of carboxylic acid groups (broad SMARTS) is 1. The van der Waals surface area contributed by atoms with Gasteiger partial charge in [0, 0.05) is 11.7 Å². The molecular formula is C16H22N2O3. The lowest BCUT2D eigenvalue weighted by molar-refractivity contribution is -0.143. The molecule has 5 heteroatoms. The fourth-order valence-electron chi connectivity index (χ4n) is 2.62. The molecule has 3 N–H and O–H groups in total. The van der Waals surface area contributed by atoms with E-state index in [4.69, 9.17) is 5.11 Å². The van der Waals surface area contributed by atoms with Crippen molar-refractivity contribution in [2.75, 3.05) is 11.9 Å². The molecular weight excluding hydrogens is 268 g/mol. The van der Waals surface area contributed by atoms with Crippen LogP contribution in [0.25, 0.3) is 0 Å². The van der Waals surface area contributed by atoms with Crippen LogP contribution in [0.5, 0.6) is 0 Å². The zero-order valence-corrected chi connectivity index (χ0v) is 12.3. The highest BCUT2D eigenvalue weighted by molar-refractivity contribution is 5.92. The number of aliphatic carboxylic acids is 1. The molecule has 0 unspecified atom stereocenters. The van der Waals surface area contributed by atoms with Gasteiger partial charge in [-0.05, 0) is 44.7 Å². The lowest BCUT2D eigenvalue weighted by atomic mass is 9.86. The van der Waals surface area contributed by atoms with E-state index in [0.29, 0.717) is 12.8 Å². The molecule has 1 amide bonds. The monoisotopic (exact) mass is 290 g/mol. The van der Waals surface area contributed by atoms with Crippen molar-refractivity contribution in [1.29, 1.82) is 0 Å². The molecule has 0 radical (unpaired) electrons. The molecule has 0 spiro atoms. The van der Waals surface area contributed by atoms with Gasteiger partial charge in [-0.15, -0.1) is 0 Å². The van der Waals surface area contributed by atoms with Crippen LogP contribution < -0.4 is 10.6 Å². The van der Waals surface area contributed by atoms with Crippen LogP contribution in [-0.4, -0.2) is 29.6 Å². The first-order valence-electron chi connectivity index (χ1n) is 7.37. The molecule has 0 aromatic heterocycles. The third-order valence-corrected chi connectivity index (χ3v) is 3.96. The minimum Gasteiger partial charge on any atom is -0.481 e. The number of rotatable bonds is 5. The van der Waals surface area contributed by atoms with Gasteiger partial charge in [-0.1, -0.05) is 17.7 Å². The highest BCUT2D eigenvalue weighted by Gasteiger charge is 2.25. The zero-order chi connectivity index (χ0) is 15.2. The normalized spacial score (nSPS) is 21.8. The topological polar surface area (TPSA) is 78.4 Å². The molecule has 0 heterocycles. The number of amides is 1. The molecule has 0 bridgehead atoms. The van der Waals surface area contributed by atoms with E-state index in [-0.39, 0.29) is 24.4 Å². The molecule has 1 fully saturated rings. The highest BCUT2D eigenvalue weighted by Crippen LogP contribution is 2.24. The summed E-state index contributed by atoms with van der Waals surface area (Å²) < 4.78 is 0. The van der Waals surface area contributed by atoms with Crippen molar-refractivity contribution in [1.82, 2.24) is 5.32 Å². The number of hydrogen-bond donors (Lipinski definition) is 3. The summed E-state index contributed by atoms with van der Waals surface area (Å²) in [6, 6.07) is 7.91. The van der Waals surface area contributed by atoms with Crippen molar-refractivity contribution in [3.63, 3.8) is 0 Å². The van der Waals surface area contributed by atoms with Crippen molar-refractivity contribution in [2.45, 2.75) is 38.6 Å². The molecule has 114 valence electrons. The Kier molecular flexibility index (Phi) is 5.33. The maximum Gasteiger partial charge on any atom is 0.306 e. The summed E-state index contributed by atoms with van der Waals surface area (Å²) in [6.45, 7) is 2.26. The molecule has 5 nitrogen and oxygen atoms in total. The second kappa shape index (κ2) is 7.22. The molecule has 1 aromatic rings. The van der Waals surface area contributed by atoms with Gasteiger partial charge in [-0.2, -0.15) is 0 Å². The van der Waals surface area contributed by atoms with Crippen LogP contribution in [0.1, 0.15) is 31.2 Å². The fourth-order valence-corrected chi connectivity index (χ4v) is 2.62. The number of anilines is 1. The molecule has 1 aliphatic carbocycles. The van der Waals surface area contributed by atoms with Gasteiger partial charge in [0.25, 0.3) is 0 Å². The van der Waals surface area contributed by atoms with Crippen LogP contribution >= 0.6 is 0 Å². The molecule has 0 aliphatic heterocycles. The Hall–Kier alpha value is -1.88. The number of carbonyl (C=O) groups is 2. The van der Waals surface area contributed by atoms with E-state index in [1.807, 2.05) is 31.2 Å². The Balaban J connectivity index is 1.70. The Labute approximate surface area is 124 Å². The van der Waals surface area contributed by atoms with Crippen molar-refractivity contribution in [2.24, 2.45) is 5.92 Å².